The SMILES string of the molecule is CCNc1ncnc(NC2CC(OC)C2(C)C)c1[N+](=O)[O-]. The predicted molar refractivity (Wildman–Crippen MR) is 79.5 cm³/mol. The van der Waals surface area contributed by atoms with Gasteiger partial charge in [-0.1, -0.05) is 13.8 Å². The molecule has 1 aromatic heterocycles. The zero-order chi connectivity index (χ0) is 15.6. The fourth-order valence-corrected chi connectivity index (χ4v) is 2.65. The average Bonchev–Trinajstić information content (AvgIpc) is 2.43. The van der Waals surface area contributed by atoms with Crippen molar-refractivity contribution in [3.8, 4) is 0 Å². The van der Waals surface area contributed by atoms with Gasteiger partial charge in [-0.3, -0.25) is 10.1 Å². The van der Waals surface area contributed by atoms with Gasteiger partial charge in [0.15, 0.2) is 0 Å². The van der Waals surface area contributed by atoms with Gasteiger partial charge in [-0.05, 0) is 13.3 Å². The van der Waals surface area contributed by atoms with Gasteiger partial charge in [-0.15, -0.1) is 0 Å². The lowest BCUT2D eigenvalue weighted by Gasteiger charge is -2.51. The second kappa shape index (κ2) is 5.80. The van der Waals surface area contributed by atoms with Crippen LogP contribution in [0.3, 0.4) is 0 Å². The highest BCUT2D eigenvalue weighted by Gasteiger charge is 2.49. The molecule has 8 heteroatoms. The summed E-state index contributed by atoms with van der Waals surface area (Å²) in [7, 11) is 1.68. The third-order valence-electron chi connectivity index (χ3n) is 4.12. The molecule has 0 saturated heterocycles. The molecular weight excluding hydrogens is 274 g/mol. The summed E-state index contributed by atoms with van der Waals surface area (Å²) in [5.74, 6) is 0.485. The number of ether oxygens (including phenoxy) is 1. The molecule has 0 spiro atoms. The van der Waals surface area contributed by atoms with Gasteiger partial charge in [0, 0.05) is 25.1 Å². The van der Waals surface area contributed by atoms with Crippen LogP contribution in [0.15, 0.2) is 6.33 Å². The van der Waals surface area contributed by atoms with Crippen LogP contribution in [0, 0.1) is 15.5 Å². The molecule has 0 amide bonds. The summed E-state index contributed by atoms with van der Waals surface area (Å²) in [6.45, 7) is 6.55. The lowest BCUT2D eigenvalue weighted by molar-refractivity contribution is -0.383. The second-order valence-electron chi connectivity index (χ2n) is 5.69. The van der Waals surface area contributed by atoms with E-state index in [9.17, 15) is 10.1 Å². The molecule has 1 heterocycles. The Labute approximate surface area is 123 Å². The molecule has 1 aliphatic rings. The minimum absolute atomic E-state index is 0.0746. The molecule has 0 aromatic carbocycles. The molecule has 2 atom stereocenters. The van der Waals surface area contributed by atoms with Crippen LogP contribution >= 0.6 is 0 Å². The molecule has 2 unspecified atom stereocenters. The molecule has 2 N–H and O–H groups in total. The topological polar surface area (TPSA) is 102 Å². The van der Waals surface area contributed by atoms with E-state index < -0.39 is 4.92 Å². The number of nitrogens with one attached hydrogen (secondary N) is 2. The lowest BCUT2D eigenvalue weighted by Crippen LogP contribution is -2.57. The van der Waals surface area contributed by atoms with E-state index in [2.05, 4.69) is 34.4 Å². The van der Waals surface area contributed by atoms with Crippen LogP contribution < -0.4 is 10.6 Å². The van der Waals surface area contributed by atoms with Crippen molar-refractivity contribution in [2.75, 3.05) is 24.3 Å². The molecule has 1 aliphatic carbocycles. The van der Waals surface area contributed by atoms with Gasteiger partial charge >= 0.3 is 5.69 Å². The Morgan fingerprint density at radius 2 is 2.14 bits per heavy atom. The third kappa shape index (κ3) is 2.76. The van der Waals surface area contributed by atoms with E-state index in [1.807, 2.05) is 6.92 Å². The first-order valence-corrected chi connectivity index (χ1v) is 6.94. The minimum atomic E-state index is -0.459. The maximum atomic E-state index is 11.3. The van der Waals surface area contributed by atoms with Crippen molar-refractivity contribution < 1.29 is 9.66 Å². The van der Waals surface area contributed by atoms with Crippen molar-refractivity contribution in [1.82, 2.24) is 9.97 Å². The third-order valence-corrected chi connectivity index (χ3v) is 4.12. The van der Waals surface area contributed by atoms with E-state index in [4.69, 9.17) is 4.74 Å². The molecule has 2 rings (SSSR count). The van der Waals surface area contributed by atoms with Crippen molar-refractivity contribution in [2.45, 2.75) is 39.3 Å². The van der Waals surface area contributed by atoms with Crippen molar-refractivity contribution in [3.63, 3.8) is 0 Å². The highest BCUT2D eigenvalue weighted by Crippen LogP contribution is 2.45. The van der Waals surface area contributed by atoms with Crippen molar-refractivity contribution >= 4 is 17.3 Å². The zero-order valence-electron chi connectivity index (χ0n) is 12.7. The number of nitro groups is 1. The van der Waals surface area contributed by atoms with Gasteiger partial charge in [-0.2, -0.15) is 0 Å². The highest BCUT2D eigenvalue weighted by atomic mass is 16.6. The smallest absolute Gasteiger partial charge is 0.353 e. The van der Waals surface area contributed by atoms with E-state index >= 15 is 0 Å². The Bertz CT molecular complexity index is 535. The number of nitrogens with zero attached hydrogens (tertiary/aromatic N) is 3. The molecule has 1 aromatic rings. The first-order valence-electron chi connectivity index (χ1n) is 6.94. The maximum Gasteiger partial charge on any atom is 0.353 e. The van der Waals surface area contributed by atoms with Crippen LogP contribution in [-0.2, 0) is 4.74 Å². The van der Waals surface area contributed by atoms with Crippen LogP contribution in [0.5, 0.6) is 0 Å². The van der Waals surface area contributed by atoms with Gasteiger partial charge in [0.25, 0.3) is 0 Å². The molecule has 1 fully saturated rings. The molecule has 116 valence electrons. The first kappa shape index (κ1) is 15.4. The summed E-state index contributed by atoms with van der Waals surface area (Å²) in [5, 5.41) is 17.4. The number of hydrogen-bond acceptors (Lipinski definition) is 7. The molecule has 21 heavy (non-hydrogen) atoms. The number of anilines is 2. The monoisotopic (exact) mass is 295 g/mol. The maximum absolute atomic E-state index is 11.3. The Balaban J connectivity index is 2.25. The van der Waals surface area contributed by atoms with Gasteiger partial charge in [0.2, 0.25) is 11.6 Å². The van der Waals surface area contributed by atoms with Gasteiger partial charge in [-0.25, -0.2) is 9.97 Å². The number of methoxy groups -OCH3 is 1. The summed E-state index contributed by atoms with van der Waals surface area (Å²) in [6, 6.07) is 0.0746. The molecule has 0 bridgehead atoms. The first-order chi connectivity index (χ1) is 9.91. The van der Waals surface area contributed by atoms with E-state index in [1.54, 1.807) is 7.11 Å². The largest absolute Gasteiger partial charge is 0.381 e. The zero-order valence-corrected chi connectivity index (χ0v) is 12.7. The summed E-state index contributed by atoms with van der Waals surface area (Å²) in [5.41, 5.74) is -0.220. The Hall–Kier alpha value is -1.96. The van der Waals surface area contributed by atoms with E-state index in [0.717, 1.165) is 6.42 Å². The fraction of sp³-hybridized carbons (Fsp3) is 0.692. The summed E-state index contributed by atoms with van der Waals surface area (Å²) >= 11 is 0. The van der Waals surface area contributed by atoms with Crippen LogP contribution in [0.4, 0.5) is 17.3 Å². The average molecular weight is 295 g/mol. The normalized spacial score (nSPS) is 23.2. The molecule has 8 nitrogen and oxygen atoms in total. The molecule has 0 radical (unpaired) electrons. The quantitative estimate of drug-likeness (QED) is 0.611. The van der Waals surface area contributed by atoms with Crippen molar-refractivity contribution in [1.29, 1.82) is 0 Å². The van der Waals surface area contributed by atoms with E-state index in [0.29, 0.717) is 6.54 Å². The minimum Gasteiger partial charge on any atom is -0.381 e. The predicted octanol–water partition coefficient (Wildman–Crippen LogP) is 2.04. The van der Waals surface area contributed by atoms with E-state index in [1.165, 1.54) is 6.33 Å². The summed E-state index contributed by atoms with van der Waals surface area (Å²) < 4.78 is 5.39. The van der Waals surface area contributed by atoms with Gasteiger partial charge in [0.1, 0.15) is 6.33 Å². The van der Waals surface area contributed by atoms with E-state index in [-0.39, 0.29) is 34.9 Å². The van der Waals surface area contributed by atoms with Crippen LogP contribution in [-0.4, -0.2) is 40.7 Å². The van der Waals surface area contributed by atoms with Crippen molar-refractivity contribution in [3.05, 3.63) is 16.4 Å². The highest BCUT2D eigenvalue weighted by molar-refractivity contribution is 5.69. The summed E-state index contributed by atoms with van der Waals surface area (Å²) in [6.07, 6.45) is 2.26. The number of hydrogen-bond donors (Lipinski definition) is 2. The Morgan fingerprint density at radius 3 is 2.67 bits per heavy atom. The molecular formula is C13H21N5O3. The standard InChI is InChI=1S/C13H21N5O3/c1-5-14-11-10(18(19)20)12(16-7-15-11)17-8-6-9(21-4)13(8,2)3/h7-9H,5-6H2,1-4H3,(H2,14,15,16,17). The van der Waals surface area contributed by atoms with Gasteiger partial charge in [0.05, 0.1) is 11.0 Å². The number of rotatable bonds is 6. The Kier molecular flexibility index (Phi) is 4.26. The fourth-order valence-electron chi connectivity index (χ4n) is 2.65. The van der Waals surface area contributed by atoms with Crippen LogP contribution in [0.1, 0.15) is 27.2 Å². The van der Waals surface area contributed by atoms with Crippen LogP contribution in [0.25, 0.3) is 0 Å². The Morgan fingerprint density at radius 1 is 1.48 bits per heavy atom. The lowest BCUT2D eigenvalue weighted by atomic mass is 9.64. The number of aromatic nitrogens is 2. The molecule has 0 aliphatic heterocycles. The second-order valence-corrected chi connectivity index (χ2v) is 5.69. The van der Waals surface area contributed by atoms with Crippen LogP contribution in [0.2, 0.25) is 0 Å². The molecule has 1 saturated carbocycles. The van der Waals surface area contributed by atoms with Gasteiger partial charge < -0.3 is 15.4 Å². The summed E-state index contributed by atoms with van der Waals surface area (Å²) in [4.78, 5) is 18.8. The van der Waals surface area contributed by atoms with Crippen molar-refractivity contribution in [2.24, 2.45) is 5.41 Å².